The quantitative estimate of drug-likeness (QED) is 0.791. The molecule has 0 saturated carbocycles. The topological polar surface area (TPSA) is 37.6 Å². The number of fused-ring (bicyclic) bond motifs is 1. The molecule has 4 nitrogen and oxygen atoms in total. The highest BCUT2D eigenvalue weighted by Crippen LogP contribution is 2.25. The summed E-state index contributed by atoms with van der Waals surface area (Å²) in [5.74, 6) is -1.97. The molecule has 17 heavy (non-hydrogen) atoms. The summed E-state index contributed by atoms with van der Waals surface area (Å²) < 4.78 is 38.3. The average Bonchev–Trinajstić information content (AvgIpc) is 2.72. The Morgan fingerprint density at radius 3 is 2.76 bits per heavy atom. The zero-order valence-electron chi connectivity index (χ0n) is 8.95. The first-order valence-corrected chi connectivity index (χ1v) is 5.40. The number of amides is 1. The Labute approximate surface area is 98.3 Å². The number of carbonyl (C=O) groups excluding carboxylic acids is 1. The summed E-state index contributed by atoms with van der Waals surface area (Å²) in [4.78, 5) is 17.0. The van der Waals surface area contributed by atoms with Crippen LogP contribution >= 0.6 is 11.3 Å². The third-order valence-electron chi connectivity index (χ3n) is 2.17. The second-order valence-electron chi connectivity index (χ2n) is 3.47. The number of nitrogens with zero attached hydrogens (tertiary/aromatic N) is 3. The van der Waals surface area contributed by atoms with E-state index in [1.165, 1.54) is 21.9 Å². The van der Waals surface area contributed by atoms with Crippen LogP contribution in [0.4, 0.5) is 19.1 Å². The molecule has 0 saturated heterocycles. The van der Waals surface area contributed by atoms with E-state index in [9.17, 15) is 18.0 Å². The number of thiazole rings is 1. The van der Waals surface area contributed by atoms with Crippen molar-refractivity contribution in [2.24, 2.45) is 0 Å². The summed E-state index contributed by atoms with van der Waals surface area (Å²) in [5.41, 5.74) is 0. The summed E-state index contributed by atoms with van der Waals surface area (Å²) in [6.45, 7) is 1.83. The van der Waals surface area contributed by atoms with Crippen molar-refractivity contribution in [1.29, 1.82) is 0 Å². The van der Waals surface area contributed by atoms with Gasteiger partial charge >= 0.3 is 12.1 Å². The molecule has 1 amide bonds. The van der Waals surface area contributed by atoms with Gasteiger partial charge in [-0.3, -0.25) is 14.1 Å². The second-order valence-corrected chi connectivity index (χ2v) is 4.74. The van der Waals surface area contributed by atoms with Crippen LogP contribution in [0, 0.1) is 6.92 Å². The molecule has 0 bridgehead atoms. The number of alkyl halides is 3. The van der Waals surface area contributed by atoms with E-state index in [4.69, 9.17) is 0 Å². The Hall–Kier alpha value is -1.57. The van der Waals surface area contributed by atoms with Crippen LogP contribution in [0.1, 0.15) is 4.88 Å². The van der Waals surface area contributed by atoms with E-state index < -0.39 is 12.1 Å². The van der Waals surface area contributed by atoms with Gasteiger partial charge in [-0.2, -0.15) is 13.2 Å². The normalized spacial score (nSPS) is 12.1. The largest absolute Gasteiger partial charge is 0.471 e. The average molecular weight is 263 g/mol. The van der Waals surface area contributed by atoms with Crippen LogP contribution in [0.2, 0.25) is 0 Å². The number of carbonyl (C=O) groups is 1. The van der Waals surface area contributed by atoms with Crippen LogP contribution < -0.4 is 4.90 Å². The van der Waals surface area contributed by atoms with E-state index in [1.54, 1.807) is 6.20 Å². The lowest BCUT2D eigenvalue weighted by molar-refractivity contribution is -0.170. The highest BCUT2D eigenvalue weighted by atomic mass is 32.1. The Morgan fingerprint density at radius 1 is 1.53 bits per heavy atom. The van der Waals surface area contributed by atoms with E-state index in [1.807, 2.05) is 6.92 Å². The van der Waals surface area contributed by atoms with E-state index in [-0.39, 0.29) is 5.95 Å². The Kier molecular flexibility index (Phi) is 2.61. The maximum absolute atomic E-state index is 12.3. The first-order valence-electron chi connectivity index (χ1n) is 4.59. The zero-order valence-corrected chi connectivity index (χ0v) is 9.76. The molecule has 0 spiro atoms. The number of anilines is 1. The fraction of sp³-hybridized carbons (Fsp3) is 0.333. The fourth-order valence-electron chi connectivity index (χ4n) is 1.44. The molecule has 0 unspecified atom stereocenters. The van der Waals surface area contributed by atoms with Gasteiger partial charge in [-0.1, -0.05) is 0 Å². The number of hydrogen-bond donors (Lipinski definition) is 0. The molecule has 2 aromatic rings. The lowest BCUT2D eigenvalue weighted by Crippen LogP contribution is -2.39. The molecule has 0 aliphatic rings. The van der Waals surface area contributed by atoms with Crippen LogP contribution in [0.15, 0.2) is 12.4 Å². The van der Waals surface area contributed by atoms with Crippen molar-refractivity contribution in [3.05, 3.63) is 17.3 Å². The molecule has 8 heteroatoms. The van der Waals surface area contributed by atoms with Crippen molar-refractivity contribution >= 4 is 28.0 Å². The van der Waals surface area contributed by atoms with Gasteiger partial charge in [-0.15, -0.1) is 11.3 Å². The lowest BCUT2D eigenvalue weighted by Gasteiger charge is -2.16. The molecule has 92 valence electrons. The third-order valence-corrected chi connectivity index (χ3v) is 3.11. The van der Waals surface area contributed by atoms with Gasteiger partial charge in [0.2, 0.25) is 5.95 Å². The van der Waals surface area contributed by atoms with Crippen LogP contribution in [-0.2, 0) is 4.79 Å². The minimum absolute atomic E-state index is 0.0355. The van der Waals surface area contributed by atoms with E-state index in [2.05, 4.69) is 4.98 Å². The molecule has 2 heterocycles. The van der Waals surface area contributed by atoms with Crippen molar-refractivity contribution in [3.8, 4) is 0 Å². The number of rotatable bonds is 1. The minimum atomic E-state index is -4.90. The molecular formula is C9H8F3N3OS. The van der Waals surface area contributed by atoms with Gasteiger partial charge in [0.25, 0.3) is 0 Å². The maximum Gasteiger partial charge on any atom is 0.471 e. The first-order chi connectivity index (χ1) is 7.80. The highest BCUT2D eigenvalue weighted by Gasteiger charge is 2.42. The third kappa shape index (κ3) is 1.99. The van der Waals surface area contributed by atoms with Crippen molar-refractivity contribution in [1.82, 2.24) is 9.38 Å². The molecule has 0 atom stereocenters. The van der Waals surface area contributed by atoms with Gasteiger partial charge in [0.05, 0.1) is 6.20 Å². The molecule has 0 aliphatic carbocycles. The summed E-state index contributed by atoms with van der Waals surface area (Å²) >= 11 is 1.39. The maximum atomic E-state index is 12.3. The predicted molar refractivity (Wildman–Crippen MR) is 57.3 cm³/mol. The summed E-state index contributed by atoms with van der Waals surface area (Å²) in [6.07, 6.45) is -1.82. The molecule has 2 rings (SSSR count). The molecule has 0 aliphatic heterocycles. The van der Waals surface area contributed by atoms with Crippen molar-refractivity contribution in [2.75, 3.05) is 11.9 Å². The number of hydrogen-bond acceptors (Lipinski definition) is 3. The SMILES string of the molecule is Cc1cn2c(N(C)C(=O)C(F)(F)F)ncc2s1. The van der Waals surface area contributed by atoms with Crippen LogP contribution in [0.25, 0.3) is 4.83 Å². The van der Waals surface area contributed by atoms with Crippen LogP contribution in [0.3, 0.4) is 0 Å². The number of aryl methyl sites for hydroxylation is 1. The summed E-state index contributed by atoms with van der Waals surface area (Å²) in [7, 11) is 1.05. The van der Waals surface area contributed by atoms with Crippen molar-refractivity contribution in [3.63, 3.8) is 0 Å². The molecular weight excluding hydrogens is 255 g/mol. The first kappa shape index (κ1) is 11.9. The monoisotopic (exact) mass is 263 g/mol. The van der Waals surface area contributed by atoms with E-state index in [0.29, 0.717) is 9.73 Å². The molecule has 0 fully saturated rings. The number of imidazole rings is 1. The smallest absolute Gasteiger partial charge is 0.277 e. The molecule has 0 aromatic carbocycles. The summed E-state index contributed by atoms with van der Waals surface area (Å²) in [5, 5.41) is 0. The zero-order chi connectivity index (χ0) is 12.8. The van der Waals surface area contributed by atoms with E-state index >= 15 is 0 Å². The summed E-state index contributed by atoms with van der Waals surface area (Å²) in [6, 6.07) is 0. The van der Waals surface area contributed by atoms with Gasteiger partial charge in [0.15, 0.2) is 0 Å². The molecule has 0 radical (unpaired) electrons. The molecule has 2 aromatic heterocycles. The van der Waals surface area contributed by atoms with Gasteiger partial charge in [0.1, 0.15) is 4.83 Å². The lowest BCUT2D eigenvalue weighted by atomic mass is 10.5. The van der Waals surface area contributed by atoms with Gasteiger partial charge in [-0.05, 0) is 6.92 Å². The number of aromatic nitrogens is 2. The predicted octanol–water partition coefficient (Wildman–Crippen LogP) is 2.23. The Morgan fingerprint density at radius 2 is 2.18 bits per heavy atom. The van der Waals surface area contributed by atoms with Gasteiger partial charge < -0.3 is 0 Å². The standard InChI is InChI=1S/C9H8F3N3OS/c1-5-4-15-6(17-5)3-13-8(15)14(2)7(16)9(10,11)12/h3-4H,1-2H3. The van der Waals surface area contributed by atoms with E-state index in [0.717, 1.165) is 11.9 Å². The Balaban J connectivity index is 2.43. The van der Waals surface area contributed by atoms with Gasteiger partial charge in [0, 0.05) is 18.1 Å². The second kappa shape index (κ2) is 3.73. The molecule has 0 N–H and O–H groups in total. The number of halogens is 3. The minimum Gasteiger partial charge on any atom is -0.277 e. The van der Waals surface area contributed by atoms with Crippen molar-refractivity contribution < 1.29 is 18.0 Å². The fourth-order valence-corrected chi connectivity index (χ4v) is 2.26. The highest BCUT2D eigenvalue weighted by molar-refractivity contribution is 7.17. The van der Waals surface area contributed by atoms with Crippen molar-refractivity contribution in [2.45, 2.75) is 13.1 Å². The van der Waals surface area contributed by atoms with Gasteiger partial charge in [-0.25, -0.2) is 4.98 Å². The van der Waals surface area contributed by atoms with Crippen LogP contribution in [0.5, 0.6) is 0 Å². The van der Waals surface area contributed by atoms with Crippen LogP contribution in [-0.4, -0.2) is 28.5 Å². The Bertz CT molecular complexity index is 572.